The van der Waals surface area contributed by atoms with E-state index in [0.29, 0.717) is 18.7 Å². The topological polar surface area (TPSA) is 71.5 Å². The monoisotopic (exact) mass is 373 g/mol. The molecule has 2 rings (SSSR count). The highest BCUT2D eigenvalue weighted by atomic mass is 16.5. The van der Waals surface area contributed by atoms with Gasteiger partial charge in [0.2, 0.25) is 5.91 Å². The van der Waals surface area contributed by atoms with Gasteiger partial charge in [0.1, 0.15) is 0 Å². The average molecular weight is 373 g/mol. The van der Waals surface area contributed by atoms with E-state index in [1.165, 1.54) is 0 Å². The fraction of sp³-hybridized carbons (Fsp3) is 0.571. The molecule has 1 aromatic heterocycles. The minimum absolute atomic E-state index is 0.0410. The van der Waals surface area contributed by atoms with Crippen molar-refractivity contribution in [1.29, 1.82) is 0 Å². The number of methoxy groups -OCH3 is 1. The first-order valence-corrected chi connectivity index (χ1v) is 9.73. The number of amides is 2. The van der Waals surface area contributed by atoms with Crippen molar-refractivity contribution in [3.63, 3.8) is 0 Å². The Bertz CT molecular complexity index is 672. The number of pyridine rings is 1. The maximum Gasteiger partial charge on any atom is 0.253 e. The fourth-order valence-electron chi connectivity index (χ4n) is 3.17. The molecular weight excluding hydrogens is 342 g/mol. The van der Waals surface area contributed by atoms with Crippen molar-refractivity contribution in [2.24, 2.45) is 0 Å². The van der Waals surface area contributed by atoms with Gasteiger partial charge in [-0.05, 0) is 37.8 Å². The van der Waals surface area contributed by atoms with Gasteiger partial charge in [-0.2, -0.15) is 0 Å². The lowest BCUT2D eigenvalue weighted by atomic mass is 10.0. The molecule has 1 unspecified atom stereocenters. The van der Waals surface area contributed by atoms with Gasteiger partial charge in [-0.15, -0.1) is 0 Å². The van der Waals surface area contributed by atoms with Gasteiger partial charge >= 0.3 is 0 Å². The summed E-state index contributed by atoms with van der Waals surface area (Å²) >= 11 is 0. The Hall–Kier alpha value is -2.21. The van der Waals surface area contributed by atoms with Crippen LogP contribution in [0, 0.1) is 0 Å². The first-order chi connectivity index (χ1) is 13.0. The second-order valence-corrected chi connectivity index (χ2v) is 7.16. The Morgan fingerprint density at radius 3 is 2.89 bits per heavy atom. The van der Waals surface area contributed by atoms with Crippen LogP contribution in [0.3, 0.4) is 0 Å². The molecule has 0 aromatic carbocycles. The van der Waals surface area contributed by atoms with Crippen LogP contribution < -0.4 is 5.32 Å². The summed E-state index contributed by atoms with van der Waals surface area (Å²) in [6.07, 6.45) is 9.84. The normalized spacial score (nSPS) is 18.6. The number of carbonyl (C=O) groups excluding carboxylic acids is 2. The van der Waals surface area contributed by atoms with E-state index >= 15 is 0 Å². The van der Waals surface area contributed by atoms with Gasteiger partial charge in [0, 0.05) is 44.7 Å². The molecule has 1 aliphatic rings. The summed E-state index contributed by atoms with van der Waals surface area (Å²) in [4.78, 5) is 31.2. The van der Waals surface area contributed by atoms with Gasteiger partial charge in [0.25, 0.3) is 5.91 Å². The van der Waals surface area contributed by atoms with Crippen molar-refractivity contribution in [2.75, 3.05) is 20.2 Å². The van der Waals surface area contributed by atoms with Crippen LogP contribution in [0.1, 0.15) is 61.9 Å². The Kier molecular flexibility index (Phi) is 8.45. The highest BCUT2D eigenvalue weighted by Crippen LogP contribution is 2.14. The molecule has 1 atom stereocenters. The van der Waals surface area contributed by atoms with Crippen LogP contribution in [-0.4, -0.2) is 47.9 Å². The highest BCUT2D eigenvalue weighted by molar-refractivity contribution is 5.94. The summed E-state index contributed by atoms with van der Waals surface area (Å²) in [6, 6.07) is 1.74. The van der Waals surface area contributed by atoms with Crippen molar-refractivity contribution < 1.29 is 14.3 Å². The summed E-state index contributed by atoms with van der Waals surface area (Å²) in [5, 5.41) is 3.09. The molecule has 6 heteroatoms. The lowest BCUT2D eigenvalue weighted by Gasteiger charge is -2.30. The van der Waals surface area contributed by atoms with E-state index in [0.717, 1.165) is 49.8 Å². The number of ether oxygens (including phenoxy) is 1. The van der Waals surface area contributed by atoms with E-state index < -0.39 is 0 Å². The summed E-state index contributed by atoms with van der Waals surface area (Å²) < 4.78 is 5.10. The molecule has 0 spiro atoms. The maximum atomic E-state index is 12.7. The second-order valence-electron chi connectivity index (χ2n) is 7.16. The number of allylic oxidation sites excluding steroid dienone is 1. The zero-order valence-electron chi connectivity index (χ0n) is 16.7. The molecule has 0 saturated carbocycles. The van der Waals surface area contributed by atoms with Crippen LogP contribution in [0.2, 0.25) is 0 Å². The van der Waals surface area contributed by atoms with Gasteiger partial charge in [0.05, 0.1) is 12.2 Å². The molecule has 0 bridgehead atoms. The zero-order chi connectivity index (χ0) is 19.6. The number of hydrogen-bond acceptors (Lipinski definition) is 4. The molecule has 1 saturated heterocycles. The van der Waals surface area contributed by atoms with E-state index in [1.807, 2.05) is 18.7 Å². The molecule has 2 amide bonds. The first kappa shape index (κ1) is 21.1. The number of rotatable bonds is 6. The maximum absolute atomic E-state index is 12.7. The van der Waals surface area contributed by atoms with Gasteiger partial charge in [0.15, 0.2) is 0 Å². The van der Waals surface area contributed by atoms with E-state index in [2.05, 4.69) is 10.3 Å². The third kappa shape index (κ3) is 6.79. The summed E-state index contributed by atoms with van der Waals surface area (Å²) in [7, 11) is 1.61. The molecule has 1 fully saturated rings. The Morgan fingerprint density at radius 1 is 1.33 bits per heavy atom. The molecule has 2 heterocycles. The molecule has 1 aliphatic heterocycles. The fourth-order valence-corrected chi connectivity index (χ4v) is 3.17. The zero-order valence-corrected chi connectivity index (χ0v) is 16.7. The third-order valence-electron chi connectivity index (χ3n) is 4.86. The number of likely N-dealkylation sites (tertiary alicyclic amines) is 1. The quantitative estimate of drug-likeness (QED) is 0.778. The number of hydrogen-bond donors (Lipinski definition) is 1. The van der Waals surface area contributed by atoms with E-state index in [-0.39, 0.29) is 17.9 Å². The molecule has 6 nitrogen and oxygen atoms in total. The van der Waals surface area contributed by atoms with Crippen molar-refractivity contribution in [3.05, 3.63) is 41.2 Å². The minimum atomic E-state index is -0.154. The highest BCUT2D eigenvalue weighted by Gasteiger charge is 2.22. The van der Waals surface area contributed by atoms with Gasteiger partial charge in [-0.1, -0.05) is 25.3 Å². The Labute approximate surface area is 162 Å². The number of carbonyl (C=O) groups is 2. The smallest absolute Gasteiger partial charge is 0.253 e. The predicted octanol–water partition coefficient (Wildman–Crippen LogP) is 3.09. The van der Waals surface area contributed by atoms with Crippen LogP contribution in [0.25, 0.3) is 0 Å². The third-order valence-corrected chi connectivity index (χ3v) is 4.86. The molecule has 0 radical (unpaired) electrons. The van der Waals surface area contributed by atoms with Crippen molar-refractivity contribution in [3.8, 4) is 0 Å². The molecule has 1 aromatic rings. The van der Waals surface area contributed by atoms with Crippen LogP contribution in [0.15, 0.2) is 30.1 Å². The standard InChI is InChI=1S/C21H31N3O3/c1-4-16(2)10-20(25)24-9-7-5-6-8-19(14-24)23-21(26)18-11-17(15-27-3)12-22-13-18/h10-13,19H,4-9,14-15H2,1-3H3,(H,23,26). The number of aromatic nitrogens is 1. The molecule has 27 heavy (non-hydrogen) atoms. The van der Waals surface area contributed by atoms with Crippen LogP contribution in [0.4, 0.5) is 0 Å². The van der Waals surface area contributed by atoms with Gasteiger partial charge < -0.3 is 15.0 Å². The summed E-state index contributed by atoms with van der Waals surface area (Å²) in [6.45, 7) is 5.72. The summed E-state index contributed by atoms with van der Waals surface area (Å²) in [5.74, 6) is -0.113. The second kappa shape index (κ2) is 10.8. The lowest BCUT2D eigenvalue weighted by Crippen LogP contribution is -2.46. The van der Waals surface area contributed by atoms with E-state index in [4.69, 9.17) is 4.74 Å². The van der Waals surface area contributed by atoms with Crippen molar-refractivity contribution >= 4 is 11.8 Å². The van der Waals surface area contributed by atoms with Crippen LogP contribution in [-0.2, 0) is 16.1 Å². The predicted molar refractivity (Wildman–Crippen MR) is 105 cm³/mol. The Morgan fingerprint density at radius 2 is 2.15 bits per heavy atom. The number of nitrogens with one attached hydrogen (secondary N) is 1. The molecular formula is C21H31N3O3. The van der Waals surface area contributed by atoms with Gasteiger partial charge in [-0.25, -0.2) is 0 Å². The summed E-state index contributed by atoms with van der Waals surface area (Å²) in [5.41, 5.74) is 2.45. The largest absolute Gasteiger partial charge is 0.380 e. The SMILES string of the molecule is CCC(C)=CC(=O)N1CCCCCC(NC(=O)c2cncc(COC)c2)C1. The van der Waals surface area contributed by atoms with Crippen LogP contribution in [0.5, 0.6) is 0 Å². The number of nitrogens with zero attached hydrogens (tertiary/aromatic N) is 2. The van der Waals surface area contributed by atoms with Gasteiger partial charge in [-0.3, -0.25) is 14.6 Å². The van der Waals surface area contributed by atoms with E-state index in [9.17, 15) is 9.59 Å². The molecule has 0 aliphatic carbocycles. The molecule has 148 valence electrons. The van der Waals surface area contributed by atoms with Crippen molar-refractivity contribution in [2.45, 2.75) is 58.6 Å². The minimum Gasteiger partial charge on any atom is -0.380 e. The average Bonchev–Trinajstić information content (AvgIpc) is 2.64. The van der Waals surface area contributed by atoms with Crippen LogP contribution >= 0.6 is 0 Å². The van der Waals surface area contributed by atoms with Crippen molar-refractivity contribution in [1.82, 2.24) is 15.2 Å². The molecule has 1 N–H and O–H groups in total. The Balaban J connectivity index is 2.05. The lowest BCUT2D eigenvalue weighted by molar-refractivity contribution is -0.126. The van der Waals surface area contributed by atoms with E-state index in [1.54, 1.807) is 31.6 Å². The first-order valence-electron chi connectivity index (χ1n) is 9.73.